The van der Waals surface area contributed by atoms with Crippen LogP contribution in [-0.2, 0) is 4.79 Å². The van der Waals surface area contributed by atoms with Crippen molar-refractivity contribution < 1.29 is 9.53 Å². The first kappa shape index (κ1) is 17.8. The Morgan fingerprint density at radius 2 is 2.00 bits per heavy atom. The van der Waals surface area contributed by atoms with Crippen LogP contribution in [0.5, 0.6) is 5.75 Å². The third-order valence-electron chi connectivity index (χ3n) is 4.31. The molecule has 2 atom stereocenters. The van der Waals surface area contributed by atoms with Crippen molar-refractivity contribution in [2.45, 2.75) is 36.7 Å². The molecule has 0 saturated heterocycles. The van der Waals surface area contributed by atoms with Crippen LogP contribution in [0, 0.1) is 0 Å². The van der Waals surface area contributed by atoms with Crippen LogP contribution < -0.4 is 15.4 Å². The van der Waals surface area contributed by atoms with Gasteiger partial charge in [0.05, 0.1) is 7.11 Å². The predicted octanol–water partition coefficient (Wildman–Crippen LogP) is 4.24. The van der Waals surface area contributed by atoms with Crippen LogP contribution in [-0.4, -0.2) is 24.8 Å². The number of benzene rings is 2. The lowest BCUT2D eigenvalue weighted by Gasteiger charge is -2.28. The van der Waals surface area contributed by atoms with E-state index in [1.54, 1.807) is 7.11 Å². The number of carbonyl (C=O) groups is 1. The normalized spacial score (nSPS) is 17.4. The number of nitrogens with one attached hydrogen (secondary N) is 2. The minimum Gasteiger partial charge on any atom is -0.497 e. The summed E-state index contributed by atoms with van der Waals surface area (Å²) in [6.45, 7) is 2.07. The van der Waals surface area contributed by atoms with E-state index in [-0.39, 0.29) is 11.9 Å². The van der Waals surface area contributed by atoms with Crippen molar-refractivity contribution in [1.82, 2.24) is 5.32 Å². The Morgan fingerprint density at radius 1 is 1.24 bits per heavy atom. The molecule has 0 aliphatic carbocycles. The maximum atomic E-state index is 12.3. The molecule has 0 bridgehead atoms. The maximum Gasteiger partial charge on any atom is 0.225 e. The van der Waals surface area contributed by atoms with Gasteiger partial charge in [0, 0.05) is 29.1 Å². The summed E-state index contributed by atoms with van der Waals surface area (Å²) in [6, 6.07) is 16.3. The first-order valence-electron chi connectivity index (χ1n) is 8.57. The Labute approximate surface area is 153 Å². The molecule has 0 fully saturated rings. The van der Waals surface area contributed by atoms with E-state index in [2.05, 4.69) is 41.8 Å². The van der Waals surface area contributed by atoms with Gasteiger partial charge in [0.2, 0.25) is 5.91 Å². The van der Waals surface area contributed by atoms with Gasteiger partial charge in [-0.25, -0.2) is 0 Å². The highest BCUT2D eigenvalue weighted by Crippen LogP contribution is 2.36. The zero-order chi connectivity index (χ0) is 17.6. The number of ether oxygens (including phenoxy) is 1. The van der Waals surface area contributed by atoms with Gasteiger partial charge < -0.3 is 15.4 Å². The van der Waals surface area contributed by atoms with Crippen LogP contribution in [0.4, 0.5) is 5.69 Å². The minimum atomic E-state index is 0.0173. The quantitative estimate of drug-likeness (QED) is 0.813. The molecule has 25 heavy (non-hydrogen) atoms. The summed E-state index contributed by atoms with van der Waals surface area (Å²) in [7, 11) is 1.63. The molecule has 5 heteroatoms. The van der Waals surface area contributed by atoms with Crippen LogP contribution in [0.1, 0.15) is 31.4 Å². The van der Waals surface area contributed by atoms with Crippen molar-refractivity contribution in [3.05, 3.63) is 54.1 Å². The Hall–Kier alpha value is -1.98. The van der Waals surface area contributed by atoms with E-state index in [1.165, 1.54) is 10.5 Å². The smallest absolute Gasteiger partial charge is 0.225 e. The van der Waals surface area contributed by atoms with E-state index >= 15 is 0 Å². The van der Waals surface area contributed by atoms with Gasteiger partial charge in [-0.2, -0.15) is 0 Å². The lowest BCUT2D eigenvalue weighted by atomic mass is 10.0. The first-order chi connectivity index (χ1) is 12.2. The minimum absolute atomic E-state index is 0.0173. The number of thioether (sulfide) groups is 1. The zero-order valence-corrected chi connectivity index (χ0v) is 15.4. The van der Waals surface area contributed by atoms with Gasteiger partial charge in [0.25, 0.3) is 0 Å². The molecular formula is C20H24N2O2S. The van der Waals surface area contributed by atoms with E-state index in [9.17, 15) is 4.79 Å². The number of methoxy groups -OCH3 is 1. The molecule has 4 nitrogen and oxygen atoms in total. The molecule has 1 aliphatic rings. The van der Waals surface area contributed by atoms with Gasteiger partial charge in [-0.15, -0.1) is 11.8 Å². The Kier molecular flexibility index (Phi) is 6.00. The van der Waals surface area contributed by atoms with E-state index in [1.807, 2.05) is 36.0 Å². The Bertz CT molecular complexity index is 718. The molecule has 2 N–H and O–H groups in total. The summed E-state index contributed by atoms with van der Waals surface area (Å²) >= 11 is 1.91. The summed E-state index contributed by atoms with van der Waals surface area (Å²) in [6.07, 6.45) is 1.53. The third kappa shape index (κ3) is 4.77. The summed E-state index contributed by atoms with van der Waals surface area (Å²) in [5, 5.41) is 6.56. The molecule has 132 valence electrons. The maximum absolute atomic E-state index is 12.3. The number of carbonyl (C=O) groups excluding carboxylic acids is 1. The molecule has 2 aromatic rings. The Balaban J connectivity index is 1.53. The number of anilines is 1. The topological polar surface area (TPSA) is 50.4 Å². The molecule has 0 aromatic heterocycles. The van der Waals surface area contributed by atoms with Gasteiger partial charge in [0.1, 0.15) is 5.75 Å². The van der Waals surface area contributed by atoms with Crippen LogP contribution >= 0.6 is 11.8 Å². The summed E-state index contributed by atoms with van der Waals surface area (Å²) < 4.78 is 5.13. The number of hydrogen-bond acceptors (Lipinski definition) is 4. The number of hydrogen-bond donors (Lipinski definition) is 2. The fourth-order valence-corrected chi connectivity index (χ4v) is 4.21. The molecular weight excluding hydrogens is 332 g/mol. The highest BCUT2D eigenvalue weighted by atomic mass is 32.2. The van der Waals surface area contributed by atoms with Gasteiger partial charge in [-0.1, -0.05) is 18.2 Å². The summed E-state index contributed by atoms with van der Waals surface area (Å²) in [4.78, 5) is 13.6. The van der Waals surface area contributed by atoms with Crippen molar-refractivity contribution in [3.8, 4) is 5.75 Å². The van der Waals surface area contributed by atoms with Crippen molar-refractivity contribution in [1.29, 1.82) is 0 Å². The monoisotopic (exact) mass is 356 g/mol. The summed E-state index contributed by atoms with van der Waals surface area (Å²) in [5.74, 6) is 1.91. The van der Waals surface area contributed by atoms with Gasteiger partial charge >= 0.3 is 0 Å². The van der Waals surface area contributed by atoms with E-state index < -0.39 is 0 Å². The van der Waals surface area contributed by atoms with Gasteiger partial charge in [0.15, 0.2) is 0 Å². The average molecular weight is 356 g/mol. The molecule has 1 aliphatic heterocycles. The second-order valence-electron chi connectivity index (χ2n) is 6.28. The van der Waals surface area contributed by atoms with Gasteiger partial charge in [-0.3, -0.25) is 4.79 Å². The second kappa shape index (κ2) is 8.41. The molecule has 0 unspecified atom stereocenters. The average Bonchev–Trinajstić information content (AvgIpc) is 2.62. The van der Waals surface area contributed by atoms with Crippen molar-refractivity contribution in [3.63, 3.8) is 0 Å². The second-order valence-corrected chi connectivity index (χ2v) is 7.41. The number of fused-ring (bicyclic) bond motifs is 1. The Morgan fingerprint density at radius 3 is 2.76 bits per heavy atom. The highest BCUT2D eigenvalue weighted by Gasteiger charge is 2.22. The van der Waals surface area contributed by atoms with E-state index in [4.69, 9.17) is 4.74 Å². The zero-order valence-electron chi connectivity index (χ0n) is 14.6. The van der Waals surface area contributed by atoms with E-state index in [0.29, 0.717) is 12.5 Å². The van der Waals surface area contributed by atoms with Crippen LogP contribution in [0.3, 0.4) is 0 Å². The molecule has 2 aromatic carbocycles. The summed E-state index contributed by atoms with van der Waals surface area (Å²) in [5.41, 5.74) is 2.14. The largest absolute Gasteiger partial charge is 0.497 e. The van der Waals surface area contributed by atoms with Crippen LogP contribution in [0.15, 0.2) is 53.4 Å². The number of amides is 1. The van der Waals surface area contributed by atoms with Crippen LogP contribution in [0.2, 0.25) is 0 Å². The van der Waals surface area contributed by atoms with Gasteiger partial charge in [-0.05, 0) is 55.0 Å². The van der Waals surface area contributed by atoms with Crippen molar-refractivity contribution in [2.75, 3.05) is 18.2 Å². The number of rotatable bonds is 6. The third-order valence-corrected chi connectivity index (χ3v) is 5.43. The molecule has 1 heterocycles. The molecule has 0 saturated carbocycles. The SMILES string of the molecule is COc1ccc(NC(=O)C[C@@H](C)N[C@@H]2CCSc3ccccc32)cc1. The molecule has 3 rings (SSSR count). The van der Waals surface area contributed by atoms with Crippen molar-refractivity contribution in [2.24, 2.45) is 0 Å². The fraction of sp³-hybridized carbons (Fsp3) is 0.350. The molecule has 1 amide bonds. The van der Waals surface area contributed by atoms with Crippen molar-refractivity contribution >= 4 is 23.4 Å². The van der Waals surface area contributed by atoms with E-state index in [0.717, 1.165) is 23.6 Å². The lowest BCUT2D eigenvalue weighted by molar-refractivity contribution is -0.116. The predicted molar refractivity (Wildman–Crippen MR) is 103 cm³/mol. The first-order valence-corrected chi connectivity index (χ1v) is 9.56. The molecule has 0 radical (unpaired) electrons. The van der Waals surface area contributed by atoms with Crippen LogP contribution in [0.25, 0.3) is 0 Å². The highest BCUT2D eigenvalue weighted by molar-refractivity contribution is 7.99. The molecule has 0 spiro atoms. The fourth-order valence-electron chi connectivity index (χ4n) is 3.08. The lowest BCUT2D eigenvalue weighted by Crippen LogP contribution is -2.35. The standard InChI is InChI=1S/C20H24N2O2S/c1-14(13-20(23)22-15-7-9-16(24-2)10-8-15)21-18-11-12-25-19-6-4-3-5-17(18)19/h3-10,14,18,21H,11-13H2,1-2H3,(H,22,23)/t14-,18-/m1/s1.